The Bertz CT molecular complexity index is 1520. The van der Waals surface area contributed by atoms with E-state index >= 15 is 0 Å². The molecule has 0 saturated carbocycles. The molecule has 36 heavy (non-hydrogen) atoms. The van der Waals surface area contributed by atoms with Crippen LogP contribution in [0.15, 0.2) is 90.5 Å². The van der Waals surface area contributed by atoms with Crippen molar-refractivity contribution in [1.82, 2.24) is 9.88 Å². The van der Waals surface area contributed by atoms with Crippen LogP contribution in [0.25, 0.3) is 22.9 Å². The van der Waals surface area contributed by atoms with E-state index in [1.165, 1.54) is 6.08 Å². The summed E-state index contributed by atoms with van der Waals surface area (Å²) in [5, 5.41) is 2.73. The van der Waals surface area contributed by atoms with E-state index in [4.69, 9.17) is 11.6 Å². The summed E-state index contributed by atoms with van der Waals surface area (Å²) in [6.07, 6.45) is 1.53. The number of urea groups is 1. The van der Waals surface area contributed by atoms with Crippen LogP contribution >= 0.6 is 11.6 Å². The summed E-state index contributed by atoms with van der Waals surface area (Å²) < 4.78 is 2.06. The fourth-order valence-corrected chi connectivity index (χ4v) is 4.53. The number of nitrogens with one attached hydrogen (secondary N) is 1. The van der Waals surface area contributed by atoms with Crippen LogP contribution < -0.4 is 10.2 Å². The average Bonchev–Trinajstić information content (AvgIpc) is 3.16. The molecule has 1 saturated heterocycles. The number of barbiturate groups is 1. The van der Waals surface area contributed by atoms with Crippen LogP contribution in [0.1, 0.15) is 17.0 Å². The van der Waals surface area contributed by atoms with Crippen molar-refractivity contribution in [2.75, 3.05) is 4.90 Å². The zero-order chi connectivity index (χ0) is 25.4. The van der Waals surface area contributed by atoms with Gasteiger partial charge in [0.25, 0.3) is 11.8 Å². The first-order valence-corrected chi connectivity index (χ1v) is 11.7. The third kappa shape index (κ3) is 4.23. The first-order valence-electron chi connectivity index (χ1n) is 11.4. The maximum absolute atomic E-state index is 13.2. The van der Waals surface area contributed by atoms with E-state index < -0.39 is 17.8 Å². The number of benzene rings is 3. The number of amides is 4. The van der Waals surface area contributed by atoms with Gasteiger partial charge in [-0.15, -0.1) is 0 Å². The van der Waals surface area contributed by atoms with Crippen LogP contribution in [-0.4, -0.2) is 22.4 Å². The van der Waals surface area contributed by atoms with Crippen LogP contribution in [0, 0.1) is 13.8 Å². The van der Waals surface area contributed by atoms with Gasteiger partial charge in [0, 0.05) is 22.1 Å². The molecule has 0 spiro atoms. The van der Waals surface area contributed by atoms with E-state index in [0.717, 1.165) is 33.1 Å². The molecule has 2 heterocycles. The number of aromatic nitrogens is 1. The highest BCUT2D eigenvalue weighted by atomic mass is 35.5. The normalized spacial score (nSPS) is 14.9. The maximum atomic E-state index is 13.2. The summed E-state index contributed by atoms with van der Waals surface area (Å²) in [5.41, 5.74) is 5.94. The van der Waals surface area contributed by atoms with Gasteiger partial charge in [-0.25, -0.2) is 9.69 Å². The lowest BCUT2D eigenvalue weighted by Crippen LogP contribution is -2.54. The van der Waals surface area contributed by atoms with Crippen LogP contribution in [0.4, 0.5) is 10.5 Å². The third-order valence-electron chi connectivity index (χ3n) is 6.19. The number of hydrogen-bond acceptors (Lipinski definition) is 3. The van der Waals surface area contributed by atoms with Crippen molar-refractivity contribution in [3.05, 3.63) is 112 Å². The van der Waals surface area contributed by atoms with Crippen molar-refractivity contribution in [3.8, 4) is 16.8 Å². The Balaban J connectivity index is 1.49. The molecule has 0 atom stereocenters. The van der Waals surface area contributed by atoms with Crippen molar-refractivity contribution in [2.24, 2.45) is 0 Å². The standard InChI is InChI=1S/C29H22ClN3O3/c1-18-16-22(19(2)32(18)24-12-8-21(9-13-24)20-6-4-3-5-7-20)17-26-27(34)31-29(36)33(28(26)35)25-14-10-23(30)11-15-25/h3-17H,1-2H3,(H,31,34,36)/b26-17-. The molecular formula is C29H22ClN3O3. The SMILES string of the molecule is Cc1cc(/C=C2/C(=O)NC(=O)N(c3ccc(Cl)cc3)C2=O)c(C)n1-c1ccc(-c2ccccc2)cc1. The second kappa shape index (κ2) is 9.32. The molecule has 1 N–H and O–H groups in total. The summed E-state index contributed by atoms with van der Waals surface area (Å²) in [6, 6.07) is 25.7. The smallest absolute Gasteiger partial charge is 0.318 e. The van der Waals surface area contributed by atoms with Gasteiger partial charge in [0.2, 0.25) is 0 Å². The van der Waals surface area contributed by atoms with Crippen LogP contribution in [0.2, 0.25) is 5.02 Å². The van der Waals surface area contributed by atoms with E-state index in [-0.39, 0.29) is 5.57 Å². The molecule has 6 nitrogen and oxygen atoms in total. The summed E-state index contributed by atoms with van der Waals surface area (Å²) in [7, 11) is 0. The molecule has 0 aliphatic carbocycles. The van der Waals surface area contributed by atoms with E-state index in [9.17, 15) is 14.4 Å². The molecule has 0 bridgehead atoms. The molecular weight excluding hydrogens is 474 g/mol. The van der Waals surface area contributed by atoms with E-state index in [0.29, 0.717) is 16.3 Å². The molecule has 4 aromatic rings. The fraction of sp³-hybridized carbons (Fsp3) is 0.0690. The number of nitrogens with zero attached hydrogens (tertiary/aromatic N) is 2. The second-order valence-electron chi connectivity index (χ2n) is 8.51. The first-order chi connectivity index (χ1) is 17.3. The summed E-state index contributed by atoms with van der Waals surface area (Å²) >= 11 is 5.94. The number of anilines is 1. The molecule has 1 aliphatic rings. The second-order valence-corrected chi connectivity index (χ2v) is 8.95. The van der Waals surface area contributed by atoms with Gasteiger partial charge in [0.1, 0.15) is 5.57 Å². The number of carbonyl (C=O) groups is 3. The summed E-state index contributed by atoms with van der Waals surface area (Å²) in [5.74, 6) is -1.42. The number of imide groups is 2. The lowest BCUT2D eigenvalue weighted by Gasteiger charge is -2.26. The molecule has 1 aliphatic heterocycles. The zero-order valence-corrected chi connectivity index (χ0v) is 20.4. The van der Waals surface area contributed by atoms with Crippen LogP contribution in [-0.2, 0) is 9.59 Å². The topological polar surface area (TPSA) is 71.4 Å². The molecule has 0 unspecified atom stereocenters. The van der Waals surface area contributed by atoms with Gasteiger partial charge >= 0.3 is 6.03 Å². The molecule has 1 fully saturated rings. The predicted molar refractivity (Wildman–Crippen MR) is 141 cm³/mol. The van der Waals surface area contributed by atoms with Gasteiger partial charge in [0.05, 0.1) is 5.69 Å². The Morgan fingerprint density at radius 3 is 2.06 bits per heavy atom. The number of aryl methyl sites for hydroxylation is 1. The van der Waals surface area contributed by atoms with Gasteiger partial charge in [-0.1, -0.05) is 54.1 Å². The minimum atomic E-state index is -0.798. The molecule has 1 aromatic heterocycles. The number of hydrogen-bond donors (Lipinski definition) is 1. The van der Waals surface area contributed by atoms with Gasteiger partial charge in [0.15, 0.2) is 0 Å². The van der Waals surface area contributed by atoms with Gasteiger partial charge in [-0.2, -0.15) is 0 Å². The highest BCUT2D eigenvalue weighted by Gasteiger charge is 2.37. The Morgan fingerprint density at radius 1 is 0.778 bits per heavy atom. The van der Waals surface area contributed by atoms with Crippen molar-refractivity contribution >= 4 is 41.2 Å². The number of carbonyl (C=O) groups excluding carboxylic acids is 3. The first kappa shape index (κ1) is 23.3. The predicted octanol–water partition coefficient (Wildman–Crippen LogP) is 6.08. The van der Waals surface area contributed by atoms with Gasteiger partial charge in [-0.05, 0) is 79.1 Å². The Hall–Kier alpha value is -4.42. The minimum Gasteiger partial charge on any atom is -0.318 e. The van der Waals surface area contributed by atoms with E-state index in [1.807, 2.05) is 50.2 Å². The molecule has 5 rings (SSSR count). The van der Waals surface area contributed by atoms with Crippen molar-refractivity contribution in [3.63, 3.8) is 0 Å². The number of halogens is 1. The molecule has 0 radical (unpaired) electrons. The van der Waals surface area contributed by atoms with Crippen molar-refractivity contribution in [1.29, 1.82) is 0 Å². The fourth-order valence-electron chi connectivity index (χ4n) is 4.40. The molecule has 7 heteroatoms. The van der Waals surface area contributed by atoms with Gasteiger partial charge in [-0.3, -0.25) is 14.9 Å². The third-order valence-corrected chi connectivity index (χ3v) is 6.44. The average molecular weight is 496 g/mol. The van der Waals surface area contributed by atoms with Crippen LogP contribution in [0.3, 0.4) is 0 Å². The monoisotopic (exact) mass is 495 g/mol. The Kier molecular flexibility index (Phi) is 6.04. The highest BCUT2D eigenvalue weighted by molar-refractivity contribution is 6.39. The lowest BCUT2D eigenvalue weighted by atomic mass is 10.1. The van der Waals surface area contributed by atoms with Crippen LogP contribution in [0.5, 0.6) is 0 Å². The van der Waals surface area contributed by atoms with Crippen molar-refractivity contribution in [2.45, 2.75) is 13.8 Å². The quantitative estimate of drug-likeness (QED) is 0.275. The Morgan fingerprint density at radius 2 is 1.39 bits per heavy atom. The zero-order valence-electron chi connectivity index (χ0n) is 19.7. The van der Waals surface area contributed by atoms with Gasteiger partial charge < -0.3 is 4.57 Å². The lowest BCUT2D eigenvalue weighted by molar-refractivity contribution is -0.122. The van der Waals surface area contributed by atoms with E-state index in [1.54, 1.807) is 24.3 Å². The minimum absolute atomic E-state index is 0.121. The largest absolute Gasteiger partial charge is 0.335 e. The number of rotatable bonds is 4. The Labute approximate surface area is 213 Å². The summed E-state index contributed by atoms with van der Waals surface area (Å²) in [4.78, 5) is 39.2. The molecule has 3 aromatic carbocycles. The molecule has 178 valence electrons. The van der Waals surface area contributed by atoms with Crippen molar-refractivity contribution < 1.29 is 14.4 Å². The highest BCUT2D eigenvalue weighted by Crippen LogP contribution is 2.28. The van der Waals surface area contributed by atoms with E-state index in [2.05, 4.69) is 34.1 Å². The molecule has 4 amide bonds. The maximum Gasteiger partial charge on any atom is 0.335 e. The summed E-state index contributed by atoms with van der Waals surface area (Å²) in [6.45, 7) is 3.89.